The number of nitrogens with two attached hydrogens (primary N) is 1. The molecule has 0 spiro atoms. The van der Waals surface area contributed by atoms with Crippen LogP contribution in [0.5, 0.6) is 0 Å². The number of aromatic nitrogens is 4. The summed E-state index contributed by atoms with van der Waals surface area (Å²) < 4.78 is 2.15. The zero-order valence-electron chi connectivity index (χ0n) is 21.7. The van der Waals surface area contributed by atoms with E-state index in [1.54, 1.807) is 12.3 Å². The second-order valence-electron chi connectivity index (χ2n) is 10.8. The second-order valence-corrected chi connectivity index (χ2v) is 10.8. The van der Waals surface area contributed by atoms with Crippen molar-refractivity contribution in [2.24, 2.45) is 5.92 Å². The molecule has 4 N–H and O–H groups in total. The minimum absolute atomic E-state index is 0.0768. The lowest BCUT2D eigenvalue weighted by Gasteiger charge is -2.28. The predicted octanol–water partition coefficient (Wildman–Crippen LogP) is 5.27. The van der Waals surface area contributed by atoms with Gasteiger partial charge < -0.3 is 16.4 Å². The highest BCUT2D eigenvalue weighted by molar-refractivity contribution is 5.94. The van der Waals surface area contributed by atoms with Crippen molar-refractivity contribution in [2.45, 2.75) is 44.1 Å². The maximum absolute atomic E-state index is 12.8. The van der Waals surface area contributed by atoms with E-state index in [0.717, 1.165) is 65.7 Å². The molecule has 1 saturated carbocycles. The Balaban J connectivity index is 1.04. The number of fused-ring (bicyclic) bond motifs is 3. The number of benzene rings is 2. The number of carbonyl (C=O) groups is 1. The topological polar surface area (TPSA) is 110 Å². The van der Waals surface area contributed by atoms with Crippen LogP contribution in [0.15, 0.2) is 73.1 Å². The van der Waals surface area contributed by atoms with Gasteiger partial charge in [0.25, 0.3) is 5.91 Å². The van der Waals surface area contributed by atoms with Gasteiger partial charge in [-0.1, -0.05) is 42.5 Å². The fourth-order valence-corrected chi connectivity index (χ4v) is 6.25. The van der Waals surface area contributed by atoms with Gasteiger partial charge in [0.1, 0.15) is 22.9 Å². The predicted molar refractivity (Wildman–Crippen MR) is 153 cm³/mol. The number of amides is 1. The number of hydrogen-bond acceptors (Lipinski definition) is 6. The molecular weight excluding hydrogens is 486 g/mol. The highest BCUT2D eigenvalue weighted by Crippen LogP contribution is 2.40. The lowest BCUT2D eigenvalue weighted by atomic mass is 9.81. The van der Waals surface area contributed by atoms with E-state index in [4.69, 9.17) is 10.7 Å². The van der Waals surface area contributed by atoms with Gasteiger partial charge in [0.05, 0.1) is 17.3 Å². The smallest absolute Gasteiger partial charge is 0.269 e. The zero-order valence-corrected chi connectivity index (χ0v) is 21.7. The molecule has 3 aromatic heterocycles. The fraction of sp³-hybridized carbons (Fsp3) is 0.290. The number of anilines is 2. The van der Waals surface area contributed by atoms with E-state index < -0.39 is 0 Å². The maximum atomic E-state index is 12.8. The Kier molecular flexibility index (Phi) is 5.87. The summed E-state index contributed by atoms with van der Waals surface area (Å²) in [6.45, 7) is 0.661. The third-order valence-electron chi connectivity index (χ3n) is 8.33. The summed E-state index contributed by atoms with van der Waals surface area (Å²) in [7, 11) is 0. The highest BCUT2D eigenvalue weighted by Gasteiger charge is 2.31. The van der Waals surface area contributed by atoms with Gasteiger partial charge in [0.2, 0.25) is 0 Å². The number of nitrogen functional groups attached to an aromatic ring is 1. The molecule has 0 radical (unpaired) electrons. The fourth-order valence-electron chi connectivity index (χ4n) is 6.25. The molecule has 5 aromatic rings. The number of imidazole rings is 1. The summed E-state index contributed by atoms with van der Waals surface area (Å²) in [5.41, 5.74) is 12.0. The van der Waals surface area contributed by atoms with Crippen LogP contribution in [0, 0.1) is 5.92 Å². The lowest BCUT2D eigenvalue weighted by molar-refractivity contribution is 0.0938. The normalized spacial score (nSPS) is 20.6. The van der Waals surface area contributed by atoms with Crippen LogP contribution in [-0.2, 0) is 6.42 Å². The van der Waals surface area contributed by atoms with Crippen molar-refractivity contribution < 1.29 is 4.79 Å². The summed E-state index contributed by atoms with van der Waals surface area (Å²) in [6, 6.07) is 20.1. The molecule has 1 fully saturated rings. The quantitative estimate of drug-likeness (QED) is 0.293. The van der Waals surface area contributed by atoms with Crippen molar-refractivity contribution in [3.05, 3.63) is 95.8 Å². The van der Waals surface area contributed by atoms with Crippen LogP contribution in [0.25, 0.3) is 16.4 Å². The molecule has 7 rings (SSSR count). The Morgan fingerprint density at radius 2 is 1.82 bits per heavy atom. The van der Waals surface area contributed by atoms with E-state index in [1.807, 2.05) is 36.5 Å². The lowest BCUT2D eigenvalue weighted by Crippen LogP contribution is -2.31. The minimum Gasteiger partial charge on any atom is -0.382 e. The molecule has 1 amide bonds. The van der Waals surface area contributed by atoms with Crippen LogP contribution in [0.4, 0.5) is 11.5 Å². The van der Waals surface area contributed by atoms with E-state index in [9.17, 15) is 4.79 Å². The van der Waals surface area contributed by atoms with E-state index in [1.165, 1.54) is 5.56 Å². The van der Waals surface area contributed by atoms with Crippen LogP contribution < -0.4 is 16.4 Å². The van der Waals surface area contributed by atoms with Crippen molar-refractivity contribution in [2.75, 3.05) is 17.6 Å². The SMILES string of the molecule is Nc1nccn2c(C3CCC(CNC(=O)c4ccc5ccccc5n4)CC3)nc(C3Cc4ccccc4N3)c12. The molecule has 1 aliphatic carbocycles. The van der Waals surface area contributed by atoms with E-state index in [-0.39, 0.29) is 11.9 Å². The third kappa shape index (κ3) is 4.35. The van der Waals surface area contributed by atoms with Gasteiger partial charge >= 0.3 is 0 Å². The van der Waals surface area contributed by atoms with Crippen LogP contribution in [-0.4, -0.2) is 31.8 Å². The molecule has 1 unspecified atom stereocenters. The first-order chi connectivity index (χ1) is 19.1. The van der Waals surface area contributed by atoms with Gasteiger partial charge in [-0.25, -0.2) is 15.0 Å². The first-order valence-electron chi connectivity index (χ1n) is 13.7. The Hall–Kier alpha value is -4.46. The van der Waals surface area contributed by atoms with Gasteiger partial charge in [-0.3, -0.25) is 9.20 Å². The molecule has 0 bridgehead atoms. The number of nitrogens with zero attached hydrogens (tertiary/aromatic N) is 4. The number of carbonyl (C=O) groups excluding carboxylic acids is 1. The van der Waals surface area contributed by atoms with Crippen molar-refractivity contribution in [1.82, 2.24) is 24.7 Å². The number of rotatable bonds is 5. The molecule has 8 heteroatoms. The number of para-hydroxylation sites is 2. The van der Waals surface area contributed by atoms with Gasteiger partial charge in [0, 0.05) is 42.4 Å². The number of hydrogen-bond donors (Lipinski definition) is 3. The Bertz CT molecular complexity index is 1660. The summed E-state index contributed by atoms with van der Waals surface area (Å²) in [5, 5.41) is 7.79. The maximum Gasteiger partial charge on any atom is 0.269 e. The summed E-state index contributed by atoms with van der Waals surface area (Å²) in [6.07, 6.45) is 8.75. The van der Waals surface area contributed by atoms with Crippen molar-refractivity contribution >= 4 is 33.8 Å². The number of pyridine rings is 1. The average Bonchev–Trinajstić information content (AvgIpc) is 3.59. The largest absolute Gasteiger partial charge is 0.382 e. The van der Waals surface area contributed by atoms with Gasteiger partial charge in [-0.2, -0.15) is 0 Å². The monoisotopic (exact) mass is 517 g/mol. The van der Waals surface area contributed by atoms with Gasteiger partial charge in [-0.15, -0.1) is 0 Å². The summed E-state index contributed by atoms with van der Waals surface area (Å²) in [4.78, 5) is 26.9. The summed E-state index contributed by atoms with van der Waals surface area (Å²) in [5.74, 6) is 2.25. The van der Waals surface area contributed by atoms with Crippen LogP contribution >= 0.6 is 0 Å². The molecular formula is C31H31N7O. The van der Waals surface area contributed by atoms with E-state index in [0.29, 0.717) is 29.9 Å². The zero-order chi connectivity index (χ0) is 26.3. The van der Waals surface area contributed by atoms with Crippen molar-refractivity contribution in [1.29, 1.82) is 0 Å². The standard InChI is InChI=1S/C31H31N7O/c32-29-28-27(26-17-22-6-2-4-8-24(22)36-26)37-30(38(28)16-15-33-29)21-11-9-19(10-12-21)18-34-31(39)25-14-13-20-5-1-3-7-23(20)35-25/h1-8,13-16,19,21,26,36H,9-12,17-18H2,(H2,32,33)(H,34,39). The number of nitrogens with one attached hydrogen (secondary N) is 2. The molecule has 2 aliphatic rings. The van der Waals surface area contributed by atoms with E-state index >= 15 is 0 Å². The second kappa shape index (κ2) is 9.69. The molecule has 2 aromatic carbocycles. The summed E-state index contributed by atoms with van der Waals surface area (Å²) >= 11 is 0. The molecule has 196 valence electrons. The van der Waals surface area contributed by atoms with Gasteiger partial charge in [0.15, 0.2) is 0 Å². The molecule has 0 saturated heterocycles. The van der Waals surface area contributed by atoms with Crippen LogP contribution in [0.3, 0.4) is 0 Å². The molecule has 4 heterocycles. The molecule has 1 aliphatic heterocycles. The third-order valence-corrected chi connectivity index (χ3v) is 8.33. The highest BCUT2D eigenvalue weighted by atomic mass is 16.1. The first kappa shape index (κ1) is 23.6. The van der Waals surface area contributed by atoms with Crippen LogP contribution in [0.1, 0.15) is 65.2 Å². The Labute approximate surface area is 226 Å². The Morgan fingerprint density at radius 1 is 1.00 bits per heavy atom. The minimum atomic E-state index is -0.111. The van der Waals surface area contributed by atoms with Crippen molar-refractivity contribution in [3.8, 4) is 0 Å². The van der Waals surface area contributed by atoms with Crippen LogP contribution in [0.2, 0.25) is 0 Å². The average molecular weight is 518 g/mol. The Morgan fingerprint density at radius 3 is 2.69 bits per heavy atom. The molecule has 1 atom stereocenters. The molecule has 39 heavy (non-hydrogen) atoms. The van der Waals surface area contributed by atoms with E-state index in [2.05, 4.69) is 49.3 Å². The van der Waals surface area contributed by atoms with Crippen molar-refractivity contribution in [3.63, 3.8) is 0 Å². The molecule has 8 nitrogen and oxygen atoms in total. The first-order valence-corrected chi connectivity index (χ1v) is 13.7. The van der Waals surface area contributed by atoms with Gasteiger partial charge in [-0.05, 0) is 55.4 Å².